The van der Waals surface area contributed by atoms with Crippen LogP contribution in [0.1, 0.15) is 21.7 Å². The van der Waals surface area contributed by atoms with Crippen LogP contribution in [0, 0.1) is 19.7 Å². The van der Waals surface area contributed by atoms with Crippen molar-refractivity contribution in [3.05, 3.63) is 41.0 Å². The Balaban J connectivity index is 2.32. The molecule has 0 aliphatic heterocycles. The Hall–Kier alpha value is -2.51. The number of aryl methyl sites for hydroxylation is 2. The molecule has 0 bridgehead atoms. The van der Waals surface area contributed by atoms with Crippen LogP contribution in [0.2, 0.25) is 0 Å². The van der Waals surface area contributed by atoms with E-state index < -0.39 is 24.1 Å². The van der Waals surface area contributed by atoms with Gasteiger partial charge in [-0.15, -0.1) is 0 Å². The highest BCUT2D eigenvalue weighted by Crippen LogP contribution is 2.28. The Morgan fingerprint density at radius 3 is 2.59 bits per heavy atom. The molecule has 1 aromatic heterocycles. The normalized spacial score (nSPS) is 10.9. The molecule has 0 aliphatic carbocycles. The number of nitrogens with zero attached hydrogens (tertiary/aromatic N) is 2. The molecule has 118 valence electrons. The van der Waals surface area contributed by atoms with E-state index in [4.69, 9.17) is 0 Å². The van der Waals surface area contributed by atoms with Crippen LogP contribution in [0.3, 0.4) is 0 Å². The number of anilines is 1. The molecule has 0 radical (unpaired) electrons. The predicted molar refractivity (Wildman–Crippen MR) is 73.7 cm³/mol. The van der Waals surface area contributed by atoms with E-state index in [1.807, 2.05) is 0 Å². The fourth-order valence-electron chi connectivity index (χ4n) is 2.08. The summed E-state index contributed by atoms with van der Waals surface area (Å²) in [6, 6.07) is 2.98. The Morgan fingerprint density at radius 1 is 1.36 bits per heavy atom. The van der Waals surface area contributed by atoms with E-state index in [9.17, 15) is 18.0 Å². The first kappa shape index (κ1) is 15.9. The summed E-state index contributed by atoms with van der Waals surface area (Å²) in [7, 11) is 1.68. The number of carbonyl (C=O) groups excluding carboxylic acids is 1. The number of benzene rings is 1. The van der Waals surface area contributed by atoms with Crippen molar-refractivity contribution in [2.75, 3.05) is 5.32 Å². The molecule has 22 heavy (non-hydrogen) atoms. The summed E-state index contributed by atoms with van der Waals surface area (Å²) >= 11 is 0. The number of aromatic nitrogens is 2. The van der Waals surface area contributed by atoms with Crippen molar-refractivity contribution in [2.45, 2.75) is 20.5 Å². The van der Waals surface area contributed by atoms with Crippen molar-refractivity contribution in [1.82, 2.24) is 9.78 Å². The van der Waals surface area contributed by atoms with Crippen LogP contribution < -0.4 is 10.1 Å². The fourth-order valence-corrected chi connectivity index (χ4v) is 2.08. The van der Waals surface area contributed by atoms with Crippen LogP contribution >= 0.6 is 0 Å². The van der Waals surface area contributed by atoms with Crippen molar-refractivity contribution in [3.8, 4) is 5.75 Å². The van der Waals surface area contributed by atoms with Gasteiger partial charge in [0, 0.05) is 18.8 Å². The number of ether oxygens (including phenoxy) is 1. The summed E-state index contributed by atoms with van der Waals surface area (Å²) in [5.41, 5.74) is 1.40. The summed E-state index contributed by atoms with van der Waals surface area (Å²) in [6.45, 7) is 0.235. The number of hydrogen-bond donors (Lipinski definition) is 1. The zero-order valence-electron chi connectivity index (χ0n) is 12.2. The third kappa shape index (κ3) is 3.21. The first-order valence-corrected chi connectivity index (χ1v) is 6.35. The summed E-state index contributed by atoms with van der Waals surface area (Å²) in [4.78, 5) is 12.3. The molecule has 0 unspecified atom stereocenters. The zero-order chi connectivity index (χ0) is 16.4. The zero-order valence-corrected chi connectivity index (χ0v) is 12.2. The van der Waals surface area contributed by atoms with Gasteiger partial charge in [0.2, 0.25) is 0 Å². The first-order chi connectivity index (χ1) is 10.3. The van der Waals surface area contributed by atoms with E-state index in [1.54, 1.807) is 20.9 Å². The first-order valence-electron chi connectivity index (χ1n) is 6.35. The van der Waals surface area contributed by atoms with Crippen molar-refractivity contribution >= 4 is 11.6 Å². The highest BCUT2D eigenvalue weighted by Gasteiger charge is 2.19. The topological polar surface area (TPSA) is 56.2 Å². The molecule has 2 aromatic rings. The Bertz CT molecular complexity index is 714. The van der Waals surface area contributed by atoms with Gasteiger partial charge in [0.1, 0.15) is 5.82 Å². The van der Waals surface area contributed by atoms with Gasteiger partial charge in [0.25, 0.3) is 5.91 Å². The van der Waals surface area contributed by atoms with E-state index in [2.05, 4.69) is 15.2 Å². The molecular weight excluding hydrogens is 299 g/mol. The average molecular weight is 313 g/mol. The molecule has 0 aliphatic rings. The second-order valence-corrected chi connectivity index (χ2v) is 4.64. The maximum atomic E-state index is 13.1. The molecule has 0 spiro atoms. The van der Waals surface area contributed by atoms with Crippen LogP contribution in [0.15, 0.2) is 18.2 Å². The summed E-state index contributed by atoms with van der Waals surface area (Å²) in [5, 5.41) is 6.54. The Kier molecular flexibility index (Phi) is 4.39. The molecule has 2 rings (SSSR count). The molecule has 1 aromatic carbocycles. The standard InChI is InChI=1S/C14H14F3N3O2/c1-7-12(8(2)20(3)19-7)13(21)18-10-5-4-9(15)6-11(10)22-14(16)17/h4-6,14H,1-3H3,(H,18,21). The maximum Gasteiger partial charge on any atom is 0.387 e. The predicted octanol–water partition coefficient (Wildman–Crippen LogP) is 3.03. The molecular formula is C14H14F3N3O2. The van der Waals surface area contributed by atoms with Gasteiger partial charge in [-0.25, -0.2) is 4.39 Å². The quantitative estimate of drug-likeness (QED) is 0.944. The van der Waals surface area contributed by atoms with E-state index >= 15 is 0 Å². The molecule has 8 heteroatoms. The molecule has 1 amide bonds. The molecule has 1 heterocycles. The molecule has 0 saturated carbocycles. The van der Waals surface area contributed by atoms with Gasteiger partial charge in [0.15, 0.2) is 5.75 Å². The van der Waals surface area contributed by atoms with E-state index in [1.165, 1.54) is 4.68 Å². The van der Waals surface area contributed by atoms with Gasteiger partial charge in [-0.1, -0.05) is 0 Å². The van der Waals surface area contributed by atoms with Crippen LogP contribution in [0.4, 0.5) is 18.9 Å². The van der Waals surface area contributed by atoms with E-state index in [-0.39, 0.29) is 5.69 Å². The molecule has 0 fully saturated rings. The maximum absolute atomic E-state index is 13.1. The average Bonchev–Trinajstić information content (AvgIpc) is 2.66. The molecule has 1 N–H and O–H groups in total. The van der Waals surface area contributed by atoms with Gasteiger partial charge in [0.05, 0.1) is 16.9 Å². The fraction of sp³-hybridized carbons (Fsp3) is 0.286. The lowest BCUT2D eigenvalue weighted by Crippen LogP contribution is -2.15. The lowest BCUT2D eigenvalue weighted by molar-refractivity contribution is -0.0495. The van der Waals surface area contributed by atoms with Gasteiger partial charge >= 0.3 is 6.61 Å². The summed E-state index contributed by atoms with van der Waals surface area (Å²) in [5.74, 6) is -1.72. The minimum absolute atomic E-state index is 0.0469. The van der Waals surface area contributed by atoms with Crippen molar-refractivity contribution in [3.63, 3.8) is 0 Å². The number of nitrogens with one attached hydrogen (secondary N) is 1. The highest BCUT2D eigenvalue weighted by molar-refractivity contribution is 6.06. The van der Waals surface area contributed by atoms with Crippen molar-refractivity contribution in [2.24, 2.45) is 7.05 Å². The lowest BCUT2D eigenvalue weighted by Gasteiger charge is -2.12. The van der Waals surface area contributed by atoms with Gasteiger partial charge in [-0.2, -0.15) is 13.9 Å². The van der Waals surface area contributed by atoms with Crippen LogP contribution in [-0.4, -0.2) is 22.3 Å². The van der Waals surface area contributed by atoms with Crippen LogP contribution in [-0.2, 0) is 7.05 Å². The largest absolute Gasteiger partial charge is 0.432 e. The van der Waals surface area contributed by atoms with Gasteiger partial charge in [-0.3, -0.25) is 9.48 Å². The summed E-state index contributed by atoms with van der Waals surface area (Å²) in [6.07, 6.45) is 0. The monoisotopic (exact) mass is 313 g/mol. The second kappa shape index (κ2) is 6.08. The minimum Gasteiger partial charge on any atom is -0.432 e. The Labute approximate surface area is 124 Å². The molecule has 0 saturated heterocycles. The lowest BCUT2D eigenvalue weighted by atomic mass is 10.1. The van der Waals surface area contributed by atoms with Gasteiger partial charge < -0.3 is 10.1 Å². The van der Waals surface area contributed by atoms with E-state index in [0.717, 1.165) is 18.2 Å². The number of rotatable bonds is 4. The smallest absolute Gasteiger partial charge is 0.387 e. The van der Waals surface area contributed by atoms with Gasteiger partial charge in [-0.05, 0) is 26.0 Å². The molecule has 0 atom stereocenters. The highest BCUT2D eigenvalue weighted by atomic mass is 19.3. The van der Waals surface area contributed by atoms with Crippen LogP contribution in [0.5, 0.6) is 5.75 Å². The number of hydrogen-bond acceptors (Lipinski definition) is 3. The second-order valence-electron chi connectivity index (χ2n) is 4.64. The number of halogens is 3. The van der Waals surface area contributed by atoms with Crippen molar-refractivity contribution < 1.29 is 22.7 Å². The third-order valence-corrected chi connectivity index (χ3v) is 3.14. The number of carbonyl (C=O) groups is 1. The van der Waals surface area contributed by atoms with Crippen molar-refractivity contribution in [1.29, 1.82) is 0 Å². The number of alkyl halides is 2. The SMILES string of the molecule is Cc1nn(C)c(C)c1C(=O)Nc1ccc(F)cc1OC(F)F. The Morgan fingerprint density at radius 2 is 2.05 bits per heavy atom. The van der Waals surface area contributed by atoms with E-state index in [0.29, 0.717) is 17.0 Å². The third-order valence-electron chi connectivity index (χ3n) is 3.14. The number of amides is 1. The molecule has 5 nitrogen and oxygen atoms in total. The summed E-state index contributed by atoms with van der Waals surface area (Å²) < 4.78 is 43.6. The van der Waals surface area contributed by atoms with Crippen LogP contribution in [0.25, 0.3) is 0 Å². The minimum atomic E-state index is -3.13.